The smallest absolute Gasteiger partial charge is 0.0538 e. The van der Waals surface area contributed by atoms with E-state index in [1.54, 1.807) is 0 Å². The monoisotopic (exact) mass is 221 g/mol. The number of hydrogen-bond acceptors (Lipinski definition) is 2. The topological polar surface area (TPSA) is 32.3 Å². The number of aryl methyl sites for hydroxylation is 1. The maximum Gasteiger partial charge on any atom is 0.0538 e. The number of nitrogens with one attached hydrogen (secondary N) is 1. The van der Waals surface area contributed by atoms with Crippen LogP contribution in [0.15, 0.2) is 24.3 Å². The van der Waals surface area contributed by atoms with E-state index in [2.05, 4.69) is 36.5 Å². The van der Waals surface area contributed by atoms with Gasteiger partial charge in [-0.2, -0.15) is 0 Å². The first-order chi connectivity index (χ1) is 7.74. The van der Waals surface area contributed by atoms with Crippen molar-refractivity contribution in [3.63, 3.8) is 0 Å². The van der Waals surface area contributed by atoms with Gasteiger partial charge in [0, 0.05) is 6.54 Å². The zero-order valence-electron chi connectivity index (χ0n) is 10.4. The van der Waals surface area contributed by atoms with Gasteiger partial charge >= 0.3 is 0 Å². The van der Waals surface area contributed by atoms with Crippen LogP contribution in [0.3, 0.4) is 0 Å². The molecule has 0 aromatic heterocycles. The van der Waals surface area contributed by atoms with Crippen molar-refractivity contribution in [2.24, 2.45) is 0 Å². The van der Waals surface area contributed by atoms with Crippen LogP contribution in [0.5, 0.6) is 0 Å². The lowest BCUT2D eigenvalue weighted by molar-refractivity contribution is 0.157. The van der Waals surface area contributed by atoms with Crippen LogP contribution in [0, 0.1) is 6.92 Å². The molecule has 1 rings (SSSR count). The Labute approximate surface area is 98.7 Å². The Morgan fingerprint density at radius 1 is 1.31 bits per heavy atom. The van der Waals surface area contributed by atoms with Crippen LogP contribution in [0.25, 0.3) is 0 Å². The van der Waals surface area contributed by atoms with Gasteiger partial charge < -0.3 is 10.4 Å². The van der Waals surface area contributed by atoms with Crippen molar-refractivity contribution < 1.29 is 5.11 Å². The van der Waals surface area contributed by atoms with Crippen molar-refractivity contribution in [2.75, 3.05) is 6.54 Å². The minimum Gasteiger partial charge on any atom is -0.393 e. The standard InChI is InChI=1S/C14H23NO/c1-3-14(16)9-6-10-15-11-13-8-5-4-7-12(13)2/h4-5,7-8,14-16H,3,6,9-11H2,1-2H3. The second-order valence-electron chi connectivity index (χ2n) is 4.31. The molecule has 0 aliphatic heterocycles. The van der Waals surface area contributed by atoms with Crippen molar-refractivity contribution in [3.05, 3.63) is 35.4 Å². The number of hydrogen-bond donors (Lipinski definition) is 2. The first-order valence-corrected chi connectivity index (χ1v) is 6.17. The van der Waals surface area contributed by atoms with E-state index in [0.717, 1.165) is 32.4 Å². The fourth-order valence-electron chi connectivity index (χ4n) is 1.70. The molecule has 1 unspecified atom stereocenters. The fraction of sp³-hybridized carbons (Fsp3) is 0.571. The van der Waals surface area contributed by atoms with Gasteiger partial charge in [0.2, 0.25) is 0 Å². The van der Waals surface area contributed by atoms with Crippen molar-refractivity contribution >= 4 is 0 Å². The molecule has 16 heavy (non-hydrogen) atoms. The highest BCUT2D eigenvalue weighted by atomic mass is 16.3. The number of rotatable bonds is 7. The summed E-state index contributed by atoms with van der Waals surface area (Å²) in [5.74, 6) is 0. The van der Waals surface area contributed by atoms with Crippen LogP contribution in [-0.2, 0) is 6.54 Å². The highest BCUT2D eigenvalue weighted by Crippen LogP contribution is 2.06. The third-order valence-electron chi connectivity index (χ3n) is 2.94. The molecule has 2 N–H and O–H groups in total. The molecule has 0 spiro atoms. The molecule has 2 nitrogen and oxygen atoms in total. The van der Waals surface area contributed by atoms with Gasteiger partial charge in [0.1, 0.15) is 0 Å². The van der Waals surface area contributed by atoms with Crippen LogP contribution in [0.4, 0.5) is 0 Å². The lowest BCUT2D eigenvalue weighted by atomic mass is 10.1. The van der Waals surface area contributed by atoms with Crippen LogP contribution in [0.2, 0.25) is 0 Å². The van der Waals surface area contributed by atoms with Crippen LogP contribution in [-0.4, -0.2) is 17.8 Å². The summed E-state index contributed by atoms with van der Waals surface area (Å²) in [6, 6.07) is 8.43. The lowest BCUT2D eigenvalue weighted by Gasteiger charge is -2.09. The molecule has 90 valence electrons. The SMILES string of the molecule is CCC(O)CCCNCc1ccccc1C. The van der Waals surface area contributed by atoms with Gasteiger partial charge in [-0.05, 0) is 43.9 Å². The molecule has 1 atom stereocenters. The van der Waals surface area contributed by atoms with E-state index in [1.807, 2.05) is 6.92 Å². The van der Waals surface area contributed by atoms with Crippen LogP contribution in [0.1, 0.15) is 37.3 Å². The Kier molecular flexibility index (Phi) is 6.12. The summed E-state index contributed by atoms with van der Waals surface area (Å²) >= 11 is 0. The first-order valence-electron chi connectivity index (χ1n) is 6.17. The van der Waals surface area contributed by atoms with E-state index in [9.17, 15) is 5.11 Å². The van der Waals surface area contributed by atoms with E-state index in [1.165, 1.54) is 11.1 Å². The molecule has 0 aliphatic rings. The molecule has 0 aliphatic carbocycles. The van der Waals surface area contributed by atoms with Gasteiger partial charge in [0.15, 0.2) is 0 Å². The van der Waals surface area contributed by atoms with Gasteiger partial charge in [-0.25, -0.2) is 0 Å². The van der Waals surface area contributed by atoms with Crippen molar-refractivity contribution in [1.29, 1.82) is 0 Å². The average Bonchev–Trinajstić information content (AvgIpc) is 2.30. The zero-order valence-corrected chi connectivity index (χ0v) is 10.4. The summed E-state index contributed by atoms with van der Waals surface area (Å²) in [5.41, 5.74) is 2.70. The summed E-state index contributed by atoms with van der Waals surface area (Å²) in [4.78, 5) is 0. The second-order valence-corrected chi connectivity index (χ2v) is 4.31. The van der Waals surface area contributed by atoms with Crippen molar-refractivity contribution in [1.82, 2.24) is 5.32 Å². The third kappa shape index (κ3) is 4.77. The van der Waals surface area contributed by atoms with Crippen LogP contribution < -0.4 is 5.32 Å². The molecule has 2 heteroatoms. The van der Waals surface area contributed by atoms with Gasteiger partial charge in [-0.15, -0.1) is 0 Å². The van der Waals surface area contributed by atoms with E-state index < -0.39 is 0 Å². The molecule has 0 saturated heterocycles. The Balaban J connectivity index is 2.14. The molecule has 1 aromatic carbocycles. The van der Waals surface area contributed by atoms with Crippen LogP contribution >= 0.6 is 0 Å². The maximum atomic E-state index is 9.39. The Morgan fingerprint density at radius 2 is 2.06 bits per heavy atom. The first kappa shape index (κ1) is 13.2. The van der Waals surface area contributed by atoms with Gasteiger partial charge in [0.25, 0.3) is 0 Å². The largest absolute Gasteiger partial charge is 0.393 e. The molecular formula is C14H23NO. The zero-order chi connectivity index (χ0) is 11.8. The minimum absolute atomic E-state index is 0.125. The Hall–Kier alpha value is -0.860. The summed E-state index contributed by atoms with van der Waals surface area (Å²) in [5, 5.41) is 12.8. The summed E-state index contributed by atoms with van der Waals surface area (Å²) in [6.07, 6.45) is 2.68. The van der Waals surface area contributed by atoms with E-state index in [0.29, 0.717) is 0 Å². The minimum atomic E-state index is -0.125. The number of aliphatic hydroxyl groups is 1. The fourth-order valence-corrected chi connectivity index (χ4v) is 1.70. The summed E-state index contributed by atoms with van der Waals surface area (Å²) in [6.45, 7) is 6.06. The van der Waals surface area contributed by atoms with E-state index in [4.69, 9.17) is 0 Å². The summed E-state index contributed by atoms with van der Waals surface area (Å²) < 4.78 is 0. The van der Waals surface area contributed by atoms with Gasteiger partial charge in [-0.3, -0.25) is 0 Å². The molecule has 0 fully saturated rings. The molecular weight excluding hydrogens is 198 g/mol. The van der Waals surface area contributed by atoms with E-state index >= 15 is 0 Å². The van der Waals surface area contributed by atoms with Gasteiger partial charge in [-0.1, -0.05) is 31.2 Å². The molecule has 0 saturated carbocycles. The molecule has 0 amide bonds. The average molecular weight is 221 g/mol. The van der Waals surface area contributed by atoms with E-state index in [-0.39, 0.29) is 6.10 Å². The molecule has 0 radical (unpaired) electrons. The summed E-state index contributed by atoms with van der Waals surface area (Å²) in [7, 11) is 0. The van der Waals surface area contributed by atoms with Crippen molar-refractivity contribution in [2.45, 2.75) is 45.8 Å². The number of aliphatic hydroxyl groups excluding tert-OH is 1. The molecule has 0 heterocycles. The quantitative estimate of drug-likeness (QED) is 0.694. The predicted octanol–water partition coefficient (Wildman–Crippen LogP) is 2.64. The second kappa shape index (κ2) is 7.42. The third-order valence-corrected chi connectivity index (χ3v) is 2.94. The van der Waals surface area contributed by atoms with Gasteiger partial charge in [0.05, 0.1) is 6.10 Å². The Morgan fingerprint density at radius 3 is 2.75 bits per heavy atom. The highest BCUT2D eigenvalue weighted by molar-refractivity contribution is 5.25. The highest BCUT2D eigenvalue weighted by Gasteiger charge is 2.00. The lowest BCUT2D eigenvalue weighted by Crippen LogP contribution is -2.17. The predicted molar refractivity (Wildman–Crippen MR) is 68.4 cm³/mol. The maximum absolute atomic E-state index is 9.39. The number of benzene rings is 1. The normalized spacial score (nSPS) is 12.7. The van der Waals surface area contributed by atoms with Crippen molar-refractivity contribution in [3.8, 4) is 0 Å². The Bertz CT molecular complexity index is 299. The molecule has 1 aromatic rings. The molecule has 0 bridgehead atoms.